The molecule has 0 N–H and O–H groups in total. The molecule has 0 aliphatic heterocycles. The highest BCUT2D eigenvalue weighted by Crippen LogP contribution is 2.33. The van der Waals surface area contributed by atoms with Crippen LogP contribution in [-0.4, -0.2) is 0 Å². The predicted octanol–water partition coefficient (Wildman–Crippen LogP) is 8.96. The molecule has 5 rings (SSSR count). The van der Waals surface area contributed by atoms with Gasteiger partial charge in [-0.2, -0.15) is 0 Å². The molecule has 0 radical (unpaired) electrons. The SMILES string of the molecule is c1cc(Cc2ccc(C3CCCCC3)cc2)ccc1Cc1ccc(C2CCCCC2)cc1. The summed E-state index contributed by atoms with van der Waals surface area (Å²) in [5.41, 5.74) is 8.78. The zero-order chi connectivity index (χ0) is 21.6. The first-order valence-electron chi connectivity index (χ1n) is 13.1. The summed E-state index contributed by atoms with van der Waals surface area (Å²) in [6, 6.07) is 28.2. The molecule has 0 bridgehead atoms. The molecular weight excluding hydrogens is 384 g/mol. The zero-order valence-electron chi connectivity index (χ0n) is 19.6. The average molecular weight is 423 g/mol. The van der Waals surface area contributed by atoms with E-state index in [2.05, 4.69) is 72.8 Å². The van der Waals surface area contributed by atoms with Crippen molar-refractivity contribution in [3.05, 3.63) is 106 Å². The molecule has 0 spiro atoms. The summed E-state index contributed by atoms with van der Waals surface area (Å²) in [6.07, 6.45) is 16.1. The van der Waals surface area contributed by atoms with Gasteiger partial charge in [-0.1, -0.05) is 111 Å². The highest BCUT2D eigenvalue weighted by Gasteiger charge is 2.16. The Kier molecular flexibility index (Phi) is 7.07. The molecule has 0 nitrogen and oxygen atoms in total. The fraction of sp³-hybridized carbons (Fsp3) is 0.438. The second-order valence-corrected chi connectivity index (χ2v) is 10.3. The number of benzene rings is 3. The number of hydrogen-bond acceptors (Lipinski definition) is 0. The fourth-order valence-electron chi connectivity index (χ4n) is 5.93. The van der Waals surface area contributed by atoms with E-state index in [0.29, 0.717) is 0 Å². The van der Waals surface area contributed by atoms with Crippen LogP contribution in [0.1, 0.15) is 109 Å². The molecule has 0 unspecified atom stereocenters. The van der Waals surface area contributed by atoms with E-state index in [1.807, 2.05) is 0 Å². The standard InChI is InChI=1S/C32H38/c1-3-7-29(8-4-1)31-19-15-27(16-20-31)23-25-11-13-26(14-12-25)24-28-17-21-32(22-18-28)30-9-5-2-6-10-30/h11-22,29-30H,1-10,23-24H2. The van der Waals surface area contributed by atoms with Gasteiger partial charge >= 0.3 is 0 Å². The van der Waals surface area contributed by atoms with Crippen molar-refractivity contribution in [1.29, 1.82) is 0 Å². The predicted molar refractivity (Wildman–Crippen MR) is 137 cm³/mol. The molecule has 166 valence electrons. The summed E-state index contributed by atoms with van der Waals surface area (Å²) in [5, 5.41) is 0. The normalized spacial score (nSPS) is 18.0. The van der Waals surface area contributed by atoms with Crippen molar-refractivity contribution in [2.75, 3.05) is 0 Å². The summed E-state index contributed by atoms with van der Waals surface area (Å²) in [6.45, 7) is 0. The van der Waals surface area contributed by atoms with E-state index in [-0.39, 0.29) is 0 Å². The third kappa shape index (κ3) is 5.52. The molecule has 0 heterocycles. The highest BCUT2D eigenvalue weighted by molar-refractivity contribution is 5.34. The molecule has 32 heavy (non-hydrogen) atoms. The monoisotopic (exact) mass is 422 g/mol. The average Bonchev–Trinajstić information content (AvgIpc) is 2.87. The van der Waals surface area contributed by atoms with Gasteiger partial charge in [0, 0.05) is 0 Å². The van der Waals surface area contributed by atoms with E-state index in [1.54, 1.807) is 11.1 Å². The van der Waals surface area contributed by atoms with Crippen LogP contribution in [0.3, 0.4) is 0 Å². The third-order valence-electron chi connectivity index (χ3n) is 7.95. The van der Waals surface area contributed by atoms with Crippen LogP contribution < -0.4 is 0 Å². The first-order valence-corrected chi connectivity index (χ1v) is 13.1. The summed E-state index contributed by atoms with van der Waals surface area (Å²) >= 11 is 0. The van der Waals surface area contributed by atoms with E-state index in [4.69, 9.17) is 0 Å². The first kappa shape index (κ1) is 21.5. The molecule has 2 aliphatic rings. The van der Waals surface area contributed by atoms with Gasteiger partial charge in [-0.25, -0.2) is 0 Å². The maximum absolute atomic E-state index is 2.39. The highest BCUT2D eigenvalue weighted by atomic mass is 14.2. The molecule has 3 aromatic carbocycles. The Morgan fingerprint density at radius 1 is 0.375 bits per heavy atom. The van der Waals surface area contributed by atoms with Crippen LogP contribution in [0, 0.1) is 0 Å². The van der Waals surface area contributed by atoms with Crippen LogP contribution in [0.15, 0.2) is 72.8 Å². The van der Waals surface area contributed by atoms with Crippen LogP contribution >= 0.6 is 0 Å². The lowest BCUT2D eigenvalue weighted by atomic mass is 9.83. The smallest absolute Gasteiger partial charge is 0.00258 e. The molecule has 0 heteroatoms. The van der Waals surface area contributed by atoms with E-state index in [0.717, 1.165) is 24.7 Å². The van der Waals surface area contributed by atoms with Crippen molar-refractivity contribution >= 4 is 0 Å². The summed E-state index contributed by atoms with van der Waals surface area (Å²) in [4.78, 5) is 0. The van der Waals surface area contributed by atoms with Crippen molar-refractivity contribution in [3.8, 4) is 0 Å². The Morgan fingerprint density at radius 3 is 0.969 bits per heavy atom. The minimum absolute atomic E-state index is 0.800. The van der Waals surface area contributed by atoms with Crippen molar-refractivity contribution in [2.45, 2.75) is 88.9 Å². The minimum atomic E-state index is 0.800. The van der Waals surface area contributed by atoms with E-state index in [1.165, 1.54) is 86.5 Å². The quantitative estimate of drug-likeness (QED) is 0.372. The largest absolute Gasteiger partial charge is 0.0585 e. The Balaban J connectivity index is 1.16. The molecular formula is C32H38. The summed E-state index contributed by atoms with van der Waals surface area (Å²) < 4.78 is 0. The number of rotatable bonds is 6. The lowest BCUT2D eigenvalue weighted by Crippen LogP contribution is -2.04. The molecule has 2 fully saturated rings. The number of hydrogen-bond donors (Lipinski definition) is 0. The molecule has 0 atom stereocenters. The van der Waals surface area contributed by atoms with Crippen molar-refractivity contribution in [2.24, 2.45) is 0 Å². The van der Waals surface area contributed by atoms with Gasteiger partial charge < -0.3 is 0 Å². The summed E-state index contributed by atoms with van der Waals surface area (Å²) in [7, 11) is 0. The molecule has 2 aliphatic carbocycles. The third-order valence-corrected chi connectivity index (χ3v) is 7.95. The van der Waals surface area contributed by atoms with Crippen LogP contribution in [0.4, 0.5) is 0 Å². The van der Waals surface area contributed by atoms with Gasteiger partial charge in [0.2, 0.25) is 0 Å². The second-order valence-electron chi connectivity index (χ2n) is 10.3. The molecule has 3 aromatic rings. The zero-order valence-corrected chi connectivity index (χ0v) is 19.6. The Morgan fingerprint density at radius 2 is 0.656 bits per heavy atom. The first-order chi connectivity index (χ1) is 15.8. The van der Waals surface area contributed by atoms with Crippen LogP contribution in [0.2, 0.25) is 0 Å². The Labute approximate surface area is 195 Å². The molecule has 2 saturated carbocycles. The maximum Gasteiger partial charge on any atom is -0.00258 e. The van der Waals surface area contributed by atoms with E-state index < -0.39 is 0 Å². The van der Waals surface area contributed by atoms with Crippen molar-refractivity contribution < 1.29 is 0 Å². The maximum atomic E-state index is 2.39. The topological polar surface area (TPSA) is 0 Å². The minimum Gasteiger partial charge on any atom is -0.0585 e. The summed E-state index contributed by atoms with van der Waals surface area (Å²) in [5.74, 6) is 1.60. The Hall–Kier alpha value is -2.34. The Bertz CT molecular complexity index is 868. The lowest BCUT2D eigenvalue weighted by Gasteiger charge is -2.22. The van der Waals surface area contributed by atoms with Crippen molar-refractivity contribution in [3.63, 3.8) is 0 Å². The molecule has 0 aromatic heterocycles. The van der Waals surface area contributed by atoms with Crippen molar-refractivity contribution in [1.82, 2.24) is 0 Å². The van der Waals surface area contributed by atoms with Gasteiger partial charge in [0.1, 0.15) is 0 Å². The molecule has 0 amide bonds. The van der Waals surface area contributed by atoms with E-state index in [9.17, 15) is 0 Å². The second kappa shape index (κ2) is 10.5. The van der Waals surface area contributed by atoms with Gasteiger partial charge in [0.25, 0.3) is 0 Å². The van der Waals surface area contributed by atoms with Gasteiger partial charge in [0.15, 0.2) is 0 Å². The lowest BCUT2D eigenvalue weighted by molar-refractivity contribution is 0.443. The molecule has 0 saturated heterocycles. The van der Waals surface area contributed by atoms with Gasteiger partial charge in [-0.05, 0) is 83.7 Å². The van der Waals surface area contributed by atoms with Gasteiger partial charge in [-0.15, -0.1) is 0 Å². The van der Waals surface area contributed by atoms with Crippen LogP contribution in [-0.2, 0) is 12.8 Å². The van der Waals surface area contributed by atoms with Gasteiger partial charge in [-0.3, -0.25) is 0 Å². The van der Waals surface area contributed by atoms with Crippen LogP contribution in [0.5, 0.6) is 0 Å². The fourth-order valence-corrected chi connectivity index (χ4v) is 5.93. The van der Waals surface area contributed by atoms with E-state index >= 15 is 0 Å². The van der Waals surface area contributed by atoms with Gasteiger partial charge in [0.05, 0.1) is 0 Å². The van der Waals surface area contributed by atoms with Crippen LogP contribution in [0.25, 0.3) is 0 Å².